The lowest BCUT2D eigenvalue weighted by molar-refractivity contribution is -0.139. The largest absolute Gasteiger partial charge is 0.496 e. The second-order valence-corrected chi connectivity index (χ2v) is 6.51. The van der Waals surface area contributed by atoms with Crippen molar-refractivity contribution in [3.63, 3.8) is 0 Å². The number of nitrogens with one attached hydrogen (secondary N) is 1. The molecule has 8 heteroatoms. The number of rotatable bonds is 10. The van der Waals surface area contributed by atoms with E-state index in [2.05, 4.69) is 33.1 Å². The van der Waals surface area contributed by atoms with Gasteiger partial charge >= 0.3 is 5.97 Å². The van der Waals surface area contributed by atoms with Gasteiger partial charge in [-0.2, -0.15) is 5.10 Å². The molecule has 7 nitrogen and oxygen atoms in total. The molecule has 2 aromatic carbocycles. The van der Waals surface area contributed by atoms with Crippen molar-refractivity contribution in [3.05, 3.63) is 51.1 Å². The molecular formula is C19H21IN2O5. The summed E-state index contributed by atoms with van der Waals surface area (Å²) in [6, 6.07) is 11.3. The maximum Gasteiger partial charge on any atom is 0.341 e. The van der Waals surface area contributed by atoms with E-state index in [1.165, 1.54) is 0 Å². The molecule has 144 valence electrons. The van der Waals surface area contributed by atoms with Gasteiger partial charge in [-0.15, -0.1) is 0 Å². The van der Waals surface area contributed by atoms with Gasteiger partial charge in [0.1, 0.15) is 5.75 Å². The third-order valence-corrected chi connectivity index (χ3v) is 4.24. The quantitative estimate of drug-likeness (QED) is 0.306. The summed E-state index contributed by atoms with van der Waals surface area (Å²) in [5.74, 6) is 0.656. The van der Waals surface area contributed by atoms with Crippen LogP contribution in [-0.4, -0.2) is 37.6 Å². The fraction of sp³-hybridized carbons (Fsp3) is 0.263. The number of methoxy groups -OCH3 is 1. The highest BCUT2D eigenvalue weighted by molar-refractivity contribution is 14.1. The zero-order valence-corrected chi connectivity index (χ0v) is 17.2. The van der Waals surface area contributed by atoms with E-state index < -0.39 is 12.6 Å². The van der Waals surface area contributed by atoms with E-state index in [0.29, 0.717) is 24.7 Å². The Morgan fingerprint density at radius 1 is 1.26 bits per heavy atom. The van der Waals surface area contributed by atoms with Gasteiger partial charge in [0.15, 0.2) is 18.1 Å². The first-order valence-electron chi connectivity index (χ1n) is 8.23. The normalized spacial score (nSPS) is 10.6. The van der Waals surface area contributed by atoms with Crippen LogP contribution in [0.25, 0.3) is 0 Å². The number of hydrazone groups is 1. The molecule has 0 saturated carbocycles. The lowest BCUT2D eigenvalue weighted by Gasteiger charge is -2.13. The van der Waals surface area contributed by atoms with E-state index in [1.807, 2.05) is 37.3 Å². The van der Waals surface area contributed by atoms with Crippen LogP contribution < -0.4 is 19.6 Å². The van der Waals surface area contributed by atoms with Crippen molar-refractivity contribution in [2.24, 2.45) is 5.10 Å². The standard InChI is InChI=1S/C19H21IN2O5/c1-3-26-17-9-13(8-15(20)19(17)27-12-18(23)24)10-21-22-11-14-6-4-5-7-16(14)25-2/h4-10,22H,3,11-12H2,1-2H3,(H,23,24)/b21-10+. The molecule has 27 heavy (non-hydrogen) atoms. The van der Waals surface area contributed by atoms with Crippen LogP contribution in [-0.2, 0) is 11.3 Å². The second-order valence-electron chi connectivity index (χ2n) is 5.35. The Morgan fingerprint density at radius 3 is 2.74 bits per heavy atom. The third kappa shape index (κ3) is 6.31. The number of para-hydroxylation sites is 1. The maximum absolute atomic E-state index is 10.8. The number of benzene rings is 2. The zero-order chi connectivity index (χ0) is 19.6. The van der Waals surface area contributed by atoms with Crippen molar-refractivity contribution in [1.82, 2.24) is 5.43 Å². The fourth-order valence-corrected chi connectivity index (χ4v) is 3.08. The summed E-state index contributed by atoms with van der Waals surface area (Å²) < 4.78 is 17.0. The average molecular weight is 484 g/mol. The Hall–Kier alpha value is -2.49. The number of hydrogen-bond acceptors (Lipinski definition) is 6. The van der Waals surface area contributed by atoms with Crippen LogP contribution in [0.2, 0.25) is 0 Å². The molecule has 0 radical (unpaired) electrons. The first-order chi connectivity index (χ1) is 13.0. The molecule has 0 aliphatic heterocycles. The molecule has 0 aliphatic rings. The number of aliphatic carboxylic acids is 1. The Balaban J connectivity index is 2.08. The number of nitrogens with zero attached hydrogens (tertiary/aromatic N) is 1. The predicted octanol–water partition coefficient (Wildman–Crippen LogP) is 3.29. The topological polar surface area (TPSA) is 89.4 Å². The average Bonchev–Trinajstić information content (AvgIpc) is 2.65. The zero-order valence-electron chi connectivity index (χ0n) is 15.1. The molecule has 0 unspecified atom stereocenters. The fourth-order valence-electron chi connectivity index (χ4n) is 2.30. The van der Waals surface area contributed by atoms with Crippen LogP contribution >= 0.6 is 22.6 Å². The molecule has 0 bridgehead atoms. The SMILES string of the molecule is CCOc1cc(/C=N/NCc2ccccc2OC)cc(I)c1OCC(=O)O. The minimum absolute atomic E-state index is 0.416. The number of hydrogen-bond donors (Lipinski definition) is 2. The van der Waals surface area contributed by atoms with E-state index >= 15 is 0 Å². The van der Waals surface area contributed by atoms with Crippen molar-refractivity contribution < 1.29 is 24.1 Å². The molecule has 0 saturated heterocycles. The molecule has 2 N–H and O–H groups in total. The molecule has 0 aliphatic carbocycles. The van der Waals surface area contributed by atoms with Crippen LogP contribution in [0.3, 0.4) is 0 Å². The number of carboxylic acids is 1. The van der Waals surface area contributed by atoms with Crippen LogP contribution in [0.4, 0.5) is 0 Å². The van der Waals surface area contributed by atoms with Gasteiger partial charge in [0.2, 0.25) is 0 Å². The molecule has 0 spiro atoms. The molecule has 0 atom stereocenters. The monoisotopic (exact) mass is 484 g/mol. The highest BCUT2D eigenvalue weighted by Gasteiger charge is 2.13. The summed E-state index contributed by atoms with van der Waals surface area (Å²) in [7, 11) is 1.63. The third-order valence-electron chi connectivity index (χ3n) is 3.44. The Bertz CT molecular complexity index is 811. The van der Waals surface area contributed by atoms with Crippen LogP contribution in [0.15, 0.2) is 41.5 Å². The number of carboxylic acid groups (broad SMARTS) is 1. The summed E-state index contributed by atoms with van der Waals surface area (Å²) >= 11 is 2.08. The smallest absolute Gasteiger partial charge is 0.341 e. The van der Waals surface area contributed by atoms with Gasteiger partial charge in [-0.3, -0.25) is 0 Å². The minimum Gasteiger partial charge on any atom is -0.496 e. The lowest BCUT2D eigenvalue weighted by atomic mass is 10.2. The highest BCUT2D eigenvalue weighted by atomic mass is 127. The summed E-state index contributed by atoms with van der Waals surface area (Å²) in [4.78, 5) is 10.8. The van der Waals surface area contributed by atoms with Crippen LogP contribution in [0.1, 0.15) is 18.1 Å². The first kappa shape index (κ1) is 20.8. The molecule has 0 fully saturated rings. The van der Waals surface area contributed by atoms with Crippen molar-refractivity contribution in [2.75, 3.05) is 20.3 Å². The van der Waals surface area contributed by atoms with Crippen LogP contribution in [0, 0.1) is 3.57 Å². The molecule has 2 aromatic rings. The number of ether oxygens (including phenoxy) is 3. The Labute approximate surface area is 171 Å². The van der Waals surface area contributed by atoms with Gasteiger partial charge in [0.05, 0.1) is 30.0 Å². The van der Waals surface area contributed by atoms with Gasteiger partial charge in [0, 0.05) is 5.56 Å². The molecule has 0 aromatic heterocycles. The van der Waals surface area contributed by atoms with E-state index in [-0.39, 0.29) is 0 Å². The van der Waals surface area contributed by atoms with Crippen molar-refractivity contribution in [1.29, 1.82) is 0 Å². The van der Waals surface area contributed by atoms with E-state index in [4.69, 9.17) is 19.3 Å². The second kappa shape index (κ2) is 10.6. The summed E-state index contributed by atoms with van der Waals surface area (Å²) in [6.07, 6.45) is 1.67. The van der Waals surface area contributed by atoms with Gasteiger partial charge in [-0.1, -0.05) is 18.2 Å². The minimum atomic E-state index is -1.04. The summed E-state index contributed by atoms with van der Waals surface area (Å²) in [6.45, 7) is 2.38. The summed E-state index contributed by atoms with van der Waals surface area (Å²) in [5, 5.41) is 13.0. The molecule has 0 heterocycles. The molecular weight excluding hydrogens is 463 g/mol. The van der Waals surface area contributed by atoms with E-state index in [9.17, 15) is 4.79 Å². The van der Waals surface area contributed by atoms with E-state index in [1.54, 1.807) is 19.4 Å². The Morgan fingerprint density at radius 2 is 2.04 bits per heavy atom. The van der Waals surface area contributed by atoms with Crippen molar-refractivity contribution in [3.8, 4) is 17.2 Å². The molecule has 2 rings (SSSR count). The van der Waals surface area contributed by atoms with Gasteiger partial charge < -0.3 is 24.7 Å². The molecule has 0 amide bonds. The van der Waals surface area contributed by atoms with Gasteiger partial charge in [-0.25, -0.2) is 4.79 Å². The van der Waals surface area contributed by atoms with Gasteiger partial charge in [0.25, 0.3) is 0 Å². The predicted molar refractivity (Wildman–Crippen MR) is 111 cm³/mol. The lowest BCUT2D eigenvalue weighted by Crippen LogP contribution is -2.11. The summed E-state index contributed by atoms with van der Waals surface area (Å²) in [5.41, 5.74) is 4.79. The Kier molecular flexibility index (Phi) is 8.18. The van der Waals surface area contributed by atoms with Crippen LogP contribution in [0.5, 0.6) is 17.2 Å². The maximum atomic E-state index is 10.8. The van der Waals surface area contributed by atoms with E-state index in [0.717, 1.165) is 20.4 Å². The van der Waals surface area contributed by atoms with Crippen molar-refractivity contribution in [2.45, 2.75) is 13.5 Å². The first-order valence-corrected chi connectivity index (χ1v) is 9.31. The van der Waals surface area contributed by atoms with Crippen molar-refractivity contribution >= 4 is 34.8 Å². The highest BCUT2D eigenvalue weighted by Crippen LogP contribution is 2.33. The number of carbonyl (C=O) groups is 1. The van der Waals surface area contributed by atoms with Gasteiger partial charge in [-0.05, 0) is 53.3 Å². The number of halogens is 1.